The van der Waals surface area contributed by atoms with Crippen LogP contribution in [0.25, 0.3) is 0 Å². The first-order chi connectivity index (χ1) is 2.56. The van der Waals surface area contributed by atoms with Crippen molar-refractivity contribution in [2.75, 3.05) is 13.3 Å². The Morgan fingerprint density at radius 2 is 1.67 bits per heavy atom. The first-order valence-electron chi connectivity index (χ1n) is 1.48. The van der Waals surface area contributed by atoms with Crippen molar-refractivity contribution in [2.45, 2.75) is 0 Å². The van der Waals surface area contributed by atoms with Gasteiger partial charge in [-0.2, -0.15) is 0 Å². The van der Waals surface area contributed by atoms with Crippen molar-refractivity contribution in [2.24, 2.45) is 0 Å². The Kier molecular flexibility index (Phi) is 1.86. The van der Waals surface area contributed by atoms with E-state index in [1.54, 1.807) is 0 Å². The molecule has 0 aliphatic rings. The monoisotopic (exact) mass is 111 g/mol. The highest BCUT2D eigenvalue weighted by molar-refractivity contribution is 8.22. The maximum absolute atomic E-state index is 8.35. The number of rotatable bonds is 1. The molecule has 0 aliphatic carbocycles. The summed E-state index contributed by atoms with van der Waals surface area (Å²) < 4.78 is 19.0. The van der Waals surface area contributed by atoms with Crippen molar-refractivity contribution in [1.29, 1.82) is 0 Å². The molecule has 0 atom stereocenters. The third-order valence-corrected chi connectivity index (χ3v) is 1.16. The van der Waals surface area contributed by atoms with Gasteiger partial charge in [0.15, 0.2) is 0 Å². The van der Waals surface area contributed by atoms with Gasteiger partial charge >= 0.3 is 0 Å². The van der Waals surface area contributed by atoms with E-state index in [0.717, 1.165) is 0 Å². The second kappa shape index (κ2) is 1.79. The molecule has 0 aromatic heterocycles. The Bertz CT molecular complexity index is 41.3. The van der Waals surface area contributed by atoms with Gasteiger partial charge < -0.3 is 0 Å². The average molecular weight is 111 g/mol. The molecule has 0 aliphatic heterocycles. The highest BCUT2D eigenvalue weighted by Crippen LogP contribution is 2.24. The Morgan fingerprint density at radius 3 is 1.67 bits per heavy atom. The number of nitrogens with one attached hydrogen (secondary N) is 1. The first kappa shape index (κ1) is 6.23. The van der Waals surface area contributed by atoms with E-state index < -0.39 is 10.8 Å². The van der Waals surface area contributed by atoms with E-state index >= 15 is 0 Å². The molecule has 0 spiro atoms. The van der Waals surface area contributed by atoms with Crippen LogP contribution in [-0.2, 0) is 0 Å². The van der Waals surface area contributed by atoms with Gasteiger partial charge in [-0.05, 0) is 0 Å². The normalized spacial score (nSPS) is 14.7. The Morgan fingerprint density at radius 1 is 1.50 bits per heavy atom. The second-order valence-electron chi connectivity index (χ2n) is 1.04. The quantitative estimate of drug-likeness (QED) is 0.462. The van der Waals surface area contributed by atoms with Crippen molar-refractivity contribution in [3.8, 4) is 0 Å². The standard InChI is InChI=1S/C2H9NO2S/c1-3-6(2,4)5/h3-5H,1-2H3. The fourth-order valence-corrected chi connectivity index (χ4v) is 0. The lowest BCUT2D eigenvalue weighted by atomic mass is 11.6. The maximum Gasteiger partial charge on any atom is 0.0416 e. The zero-order valence-corrected chi connectivity index (χ0v) is 4.62. The molecule has 0 bridgehead atoms. The van der Waals surface area contributed by atoms with Gasteiger partial charge in [0.05, 0.1) is 0 Å². The van der Waals surface area contributed by atoms with Crippen LogP contribution >= 0.6 is 10.8 Å². The summed E-state index contributed by atoms with van der Waals surface area (Å²) in [5.41, 5.74) is 0. The van der Waals surface area contributed by atoms with Crippen LogP contribution in [0.15, 0.2) is 0 Å². The third kappa shape index (κ3) is 4.23. The molecule has 3 nitrogen and oxygen atoms in total. The van der Waals surface area contributed by atoms with Crippen molar-refractivity contribution in [1.82, 2.24) is 4.72 Å². The highest BCUT2D eigenvalue weighted by atomic mass is 32.3. The SMILES string of the molecule is CNS(C)(O)O. The van der Waals surface area contributed by atoms with Gasteiger partial charge in [0.1, 0.15) is 0 Å². The predicted molar refractivity (Wildman–Crippen MR) is 27.8 cm³/mol. The molecule has 0 unspecified atom stereocenters. The highest BCUT2D eigenvalue weighted by Gasteiger charge is 1.92. The smallest absolute Gasteiger partial charge is 0.0416 e. The minimum atomic E-state index is -2.41. The van der Waals surface area contributed by atoms with Gasteiger partial charge in [-0.3, -0.25) is 9.11 Å². The van der Waals surface area contributed by atoms with Crippen molar-refractivity contribution >= 4 is 10.8 Å². The zero-order valence-electron chi connectivity index (χ0n) is 3.80. The molecule has 0 saturated heterocycles. The van der Waals surface area contributed by atoms with E-state index in [9.17, 15) is 0 Å². The van der Waals surface area contributed by atoms with Gasteiger partial charge in [0, 0.05) is 13.3 Å². The van der Waals surface area contributed by atoms with Gasteiger partial charge in [-0.1, -0.05) is 0 Å². The van der Waals surface area contributed by atoms with Crippen LogP contribution in [0.2, 0.25) is 0 Å². The fraction of sp³-hybridized carbons (Fsp3) is 1.00. The summed E-state index contributed by atoms with van der Waals surface area (Å²) >= 11 is 0. The molecule has 0 radical (unpaired) electrons. The molecule has 0 rings (SSSR count). The van der Waals surface area contributed by atoms with Crippen molar-refractivity contribution in [3.05, 3.63) is 0 Å². The predicted octanol–water partition coefficient (Wildman–Crippen LogP) is 0.501. The van der Waals surface area contributed by atoms with Crippen LogP contribution in [0, 0.1) is 0 Å². The Labute approximate surface area is 38.9 Å². The summed E-state index contributed by atoms with van der Waals surface area (Å²) in [6.45, 7) is 0. The third-order valence-electron chi connectivity index (χ3n) is 0.387. The van der Waals surface area contributed by atoms with Gasteiger partial charge in [0.25, 0.3) is 0 Å². The lowest BCUT2D eigenvalue weighted by Gasteiger charge is -2.24. The van der Waals surface area contributed by atoms with Crippen LogP contribution in [0.1, 0.15) is 0 Å². The van der Waals surface area contributed by atoms with Crippen molar-refractivity contribution in [3.63, 3.8) is 0 Å². The lowest BCUT2D eigenvalue weighted by molar-refractivity contribution is 0.484. The van der Waals surface area contributed by atoms with Gasteiger partial charge in [-0.15, -0.1) is 10.8 Å². The van der Waals surface area contributed by atoms with E-state index in [1.807, 2.05) is 0 Å². The molecule has 0 saturated carbocycles. The number of hydrogen-bond acceptors (Lipinski definition) is 3. The molecule has 0 fully saturated rings. The molecule has 3 N–H and O–H groups in total. The van der Waals surface area contributed by atoms with Gasteiger partial charge in [-0.25, -0.2) is 4.72 Å². The molecule has 0 amide bonds. The summed E-state index contributed by atoms with van der Waals surface area (Å²) in [6, 6.07) is 0. The molecular formula is C2H9NO2S. The average Bonchev–Trinajstić information content (AvgIpc) is 1.35. The molecule has 0 aromatic carbocycles. The van der Waals surface area contributed by atoms with Crippen LogP contribution in [-0.4, -0.2) is 22.4 Å². The topological polar surface area (TPSA) is 52.5 Å². The molecule has 0 aromatic rings. The molecule has 6 heavy (non-hydrogen) atoms. The Balaban J connectivity index is 3.17. The summed E-state index contributed by atoms with van der Waals surface area (Å²) in [7, 11) is -0.917. The van der Waals surface area contributed by atoms with E-state index in [-0.39, 0.29) is 0 Å². The van der Waals surface area contributed by atoms with Gasteiger partial charge in [0.2, 0.25) is 0 Å². The minimum Gasteiger partial charge on any atom is -0.286 e. The lowest BCUT2D eigenvalue weighted by Crippen LogP contribution is -2.11. The van der Waals surface area contributed by atoms with Crippen molar-refractivity contribution < 1.29 is 9.11 Å². The van der Waals surface area contributed by atoms with Crippen LogP contribution in [0.3, 0.4) is 0 Å². The maximum atomic E-state index is 8.35. The summed E-state index contributed by atoms with van der Waals surface area (Å²) in [4.78, 5) is 0. The summed E-state index contributed by atoms with van der Waals surface area (Å²) in [6.07, 6.45) is 1.33. The fourth-order valence-electron chi connectivity index (χ4n) is 0. The minimum absolute atomic E-state index is 1.33. The molecular weight excluding hydrogens is 102 g/mol. The van der Waals surface area contributed by atoms with Crippen LogP contribution in [0.5, 0.6) is 0 Å². The van der Waals surface area contributed by atoms with Crippen LogP contribution in [0.4, 0.5) is 0 Å². The summed E-state index contributed by atoms with van der Waals surface area (Å²) in [5.74, 6) is 0. The second-order valence-corrected chi connectivity index (χ2v) is 3.11. The van der Waals surface area contributed by atoms with E-state index in [4.69, 9.17) is 9.11 Å². The van der Waals surface area contributed by atoms with E-state index in [2.05, 4.69) is 4.72 Å². The molecule has 40 valence electrons. The Hall–Kier alpha value is 0.230. The largest absolute Gasteiger partial charge is 0.286 e. The van der Waals surface area contributed by atoms with E-state index in [1.165, 1.54) is 13.3 Å². The summed E-state index contributed by atoms with van der Waals surface area (Å²) in [5, 5.41) is 0. The van der Waals surface area contributed by atoms with Crippen LogP contribution < -0.4 is 4.72 Å². The van der Waals surface area contributed by atoms with E-state index in [0.29, 0.717) is 0 Å². The zero-order chi connectivity index (χ0) is 5.21. The molecule has 0 heterocycles. The number of hydrogen-bond donors (Lipinski definition) is 3. The first-order valence-corrected chi connectivity index (χ1v) is 3.43. The molecule has 4 heteroatoms.